The molecule has 130 valence electrons. The Morgan fingerprint density at radius 3 is 2.57 bits per heavy atom. The van der Waals surface area contributed by atoms with Crippen molar-refractivity contribution >= 4 is 5.91 Å². The molecule has 23 heavy (non-hydrogen) atoms. The zero-order chi connectivity index (χ0) is 16.7. The summed E-state index contributed by atoms with van der Waals surface area (Å²) in [4.78, 5) is 19.2. The maximum absolute atomic E-state index is 12.4. The number of rotatable bonds is 7. The van der Waals surface area contributed by atoms with Crippen LogP contribution in [0.15, 0.2) is 12.4 Å². The van der Waals surface area contributed by atoms with Crippen LogP contribution in [0.25, 0.3) is 0 Å². The quantitative estimate of drug-likeness (QED) is 0.839. The monoisotopic (exact) mass is 320 g/mol. The van der Waals surface area contributed by atoms with Crippen LogP contribution in [0.1, 0.15) is 52.3 Å². The van der Waals surface area contributed by atoms with Crippen LogP contribution < -0.4 is 5.32 Å². The second-order valence-electron chi connectivity index (χ2n) is 6.87. The average molecular weight is 320 g/mol. The van der Waals surface area contributed by atoms with Gasteiger partial charge in [-0.2, -0.15) is 0 Å². The number of amides is 1. The number of hydrogen-bond acceptors (Lipinski definition) is 3. The molecule has 1 saturated heterocycles. The summed E-state index contributed by atoms with van der Waals surface area (Å²) in [7, 11) is 0. The fourth-order valence-corrected chi connectivity index (χ4v) is 3.34. The van der Waals surface area contributed by atoms with Crippen LogP contribution in [0.5, 0.6) is 0 Å². The van der Waals surface area contributed by atoms with Gasteiger partial charge in [-0.15, -0.1) is 0 Å². The Labute approximate surface area is 140 Å². The van der Waals surface area contributed by atoms with Gasteiger partial charge in [0.15, 0.2) is 0 Å². The molecule has 0 unspecified atom stereocenters. The van der Waals surface area contributed by atoms with Crippen LogP contribution >= 0.6 is 0 Å². The van der Waals surface area contributed by atoms with Gasteiger partial charge in [0, 0.05) is 37.9 Å². The first kappa shape index (κ1) is 18.0. The molecule has 0 aliphatic carbocycles. The van der Waals surface area contributed by atoms with E-state index in [2.05, 4.69) is 33.6 Å². The Hall–Kier alpha value is -1.36. The number of aromatic nitrogens is 2. The van der Waals surface area contributed by atoms with E-state index in [1.54, 1.807) is 0 Å². The fourth-order valence-electron chi connectivity index (χ4n) is 3.34. The highest BCUT2D eigenvalue weighted by Gasteiger charge is 2.19. The molecule has 1 fully saturated rings. The van der Waals surface area contributed by atoms with E-state index in [1.807, 2.05) is 19.3 Å². The number of nitrogens with one attached hydrogen (secondary N) is 1. The van der Waals surface area contributed by atoms with Crippen molar-refractivity contribution in [3.05, 3.63) is 18.2 Å². The van der Waals surface area contributed by atoms with Crippen LogP contribution in [0.2, 0.25) is 0 Å². The summed E-state index contributed by atoms with van der Waals surface area (Å²) in [6.07, 6.45) is 9.94. The largest absolute Gasteiger partial charge is 0.352 e. The van der Waals surface area contributed by atoms with E-state index in [1.165, 1.54) is 38.8 Å². The van der Waals surface area contributed by atoms with Gasteiger partial charge in [-0.3, -0.25) is 4.79 Å². The van der Waals surface area contributed by atoms with Crippen LogP contribution in [0.4, 0.5) is 0 Å². The lowest BCUT2D eigenvalue weighted by Gasteiger charge is -2.25. The lowest BCUT2D eigenvalue weighted by molar-refractivity contribution is -0.125. The Bertz CT molecular complexity index is 477. The molecule has 1 aliphatic rings. The zero-order valence-electron chi connectivity index (χ0n) is 14.9. The Morgan fingerprint density at radius 1 is 1.22 bits per heavy atom. The maximum Gasteiger partial charge on any atom is 0.224 e. The first-order chi connectivity index (χ1) is 11.1. The molecule has 1 amide bonds. The lowest BCUT2D eigenvalue weighted by atomic mass is 10.1. The zero-order valence-corrected chi connectivity index (χ0v) is 14.9. The van der Waals surface area contributed by atoms with Gasteiger partial charge in [-0.25, -0.2) is 4.98 Å². The number of hydrogen-bond donors (Lipinski definition) is 1. The van der Waals surface area contributed by atoms with E-state index in [-0.39, 0.29) is 17.9 Å². The highest BCUT2D eigenvalue weighted by atomic mass is 16.1. The third kappa shape index (κ3) is 5.65. The molecule has 0 bridgehead atoms. The minimum absolute atomic E-state index is 0.0407. The molecule has 0 aromatic carbocycles. The summed E-state index contributed by atoms with van der Waals surface area (Å²) in [5, 5.41) is 3.18. The molecule has 5 nitrogen and oxygen atoms in total. The first-order valence-corrected chi connectivity index (χ1v) is 9.13. The summed E-state index contributed by atoms with van der Waals surface area (Å²) in [5.41, 5.74) is 0. The SMILES string of the molecule is CCc1nccn1C[C@@H](C)C(=O)N[C@H](C)CN1CCCCCC1. The van der Waals surface area contributed by atoms with Gasteiger partial charge in [-0.1, -0.05) is 26.7 Å². The van der Waals surface area contributed by atoms with Gasteiger partial charge in [-0.05, 0) is 32.9 Å². The molecular formula is C18H32N4O. The van der Waals surface area contributed by atoms with Crippen LogP contribution in [-0.4, -0.2) is 46.0 Å². The normalized spacial score (nSPS) is 19.1. The van der Waals surface area contributed by atoms with Crippen LogP contribution in [-0.2, 0) is 17.8 Å². The van der Waals surface area contributed by atoms with Crippen molar-refractivity contribution in [3.63, 3.8) is 0 Å². The summed E-state index contributed by atoms with van der Waals surface area (Å²) in [6.45, 7) is 10.2. The van der Waals surface area contributed by atoms with Crippen LogP contribution in [0, 0.1) is 5.92 Å². The lowest BCUT2D eigenvalue weighted by Crippen LogP contribution is -2.44. The topological polar surface area (TPSA) is 50.2 Å². The molecule has 2 atom stereocenters. The molecule has 1 aromatic rings. The van der Waals surface area contributed by atoms with Crippen molar-refractivity contribution in [1.29, 1.82) is 0 Å². The third-order valence-corrected chi connectivity index (χ3v) is 4.66. The standard InChI is InChI=1S/C18H32N4O/c1-4-17-19-9-12-22(17)13-15(2)18(23)20-16(3)14-21-10-7-5-6-8-11-21/h9,12,15-16H,4-8,10-11,13-14H2,1-3H3,(H,20,23)/t15-,16-/m1/s1. The molecule has 2 heterocycles. The molecule has 2 rings (SSSR count). The smallest absolute Gasteiger partial charge is 0.224 e. The number of aryl methyl sites for hydroxylation is 1. The van der Waals surface area contributed by atoms with E-state index in [0.29, 0.717) is 6.54 Å². The van der Waals surface area contributed by atoms with Crippen molar-refractivity contribution in [3.8, 4) is 0 Å². The van der Waals surface area contributed by atoms with Crippen molar-refractivity contribution in [2.45, 2.75) is 65.5 Å². The summed E-state index contributed by atoms with van der Waals surface area (Å²) >= 11 is 0. The second kappa shape index (κ2) is 9.06. The summed E-state index contributed by atoms with van der Waals surface area (Å²) in [5.74, 6) is 1.14. The average Bonchev–Trinajstić information content (AvgIpc) is 2.81. The van der Waals surface area contributed by atoms with E-state index in [9.17, 15) is 4.79 Å². The number of imidazole rings is 1. The first-order valence-electron chi connectivity index (χ1n) is 9.13. The Morgan fingerprint density at radius 2 is 1.91 bits per heavy atom. The number of carbonyl (C=O) groups is 1. The highest BCUT2D eigenvalue weighted by molar-refractivity contribution is 5.78. The summed E-state index contributed by atoms with van der Waals surface area (Å²) < 4.78 is 2.09. The van der Waals surface area contributed by atoms with Crippen molar-refractivity contribution in [1.82, 2.24) is 19.8 Å². The number of carbonyl (C=O) groups excluding carboxylic acids is 1. The molecule has 0 radical (unpaired) electrons. The van der Waals surface area contributed by atoms with Gasteiger partial charge in [0.2, 0.25) is 5.91 Å². The van der Waals surface area contributed by atoms with Gasteiger partial charge in [0.05, 0.1) is 5.92 Å². The predicted molar refractivity (Wildman–Crippen MR) is 93.3 cm³/mol. The number of likely N-dealkylation sites (tertiary alicyclic amines) is 1. The Kier molecular flexibility index (Phi) is 7.09. The predicted octanol–water partition coefficient (Wildman–Crippen LogP) is 2.46. The fraction of sp³-hybridized carbons (Fsp3) is 0.778. The molecule has 0 saturated carbocycles. The van der Waals surface area contributed by atoms with Crippen molar-refractivity contribution in [2.24, 2.45) is 5.92 Å². The van der Waals surface area contributed by atoms with Gasteiger partial charge in [0.25, 0.3) is 0 Å². The number of nitrogens with zero attached hydrogens (tertiary/aromatic N) is 3. The van der Waals surface area contributed by atoms with E-state index in [4.69, 9.17) is 0 Å². The molecule has 1 aromatic heterocycles. The summed E-state index contributed by atoms with van der Waals surface area (Å²) in [6, 6.07) is 0.205. The molecule has 5 heteroatoms. The molecule has 0 spiro atoms. The molecule has 1 N–H and O–H groups in total. The van der Waals surface area contributed by atoms with Gasteiger partial charge in [0.1, 0.15) is 5.82 Å². The Balaban J connectivity index is 1.78. The minimum atomic E-state index is -0.0407. The van der Waals surface area contributed by atoms with Crippen LogP contribution in [0.3, 0.4) is 0 Å². The highest BCUT2D eigenvalue weighted by Crippen LogP contribution is 2.10. The maximum atomic E-state index is 12.4. The van der Waals surface area contributed by atoms with E-state index < -0.39 is 0 Å². The third-order valence-electron chi connectivity index (χ3n) is 4.66. The van der Waals surface area contributed by atoms with E-state index in [0.717, 1.165) is 18.8 Å². The van der Waals surface area contributed by atoms with Crippen molar-refractivity contribution in [2.75, 3.05) is 19.6 Å². The van der Waals surface area contributed by atoms with Gasteiger partial charge < -0.3 is 14.8 Å². The minimum Gasteiger partial charge on any atom is -0.352 e. The van der Waals surface area contributed by atoms with E-state index >= 15 is 0 Å². The second-order valence-corrected chi connectivity index (χ2v) is 6.87. The van der Waals surface area contributed by atoms with Gasteiger partial charge >= 0.3 is 0 Å². The molecular weight excluding hydrogens is 288 g/mol. The molecule has 1 aliphatic heterocycles. The van der Waals surface area contributed by atoms with Crippen molar-refractivity contribution < 1.29 is 4.79 Å².